The van der Waals surface area contributed by atoms with E-state index in [1.165, 1.54) is 0 Å². The zero-order valence-electron chi connectivity index (χ0n) is 14.4. The van der Waals surface area contributed by atoms with Crippen molar-refractivity contribution >= 4 is 17.5 Å². The normalized spacial score (nSPS) is 17.4. The summed E-state index contributed by atoms with van der Waals surface area (Å²) >= 11 is 6.35. The van der Waals surface area contributed by atoms with Crippen LogP contribution in [0.15, 0.2) is 48.5 Å². The Kier molecular flexibility index (Phi) is 5.95. The van der Waals surface area contributed by atoms with E-state index in [1.54, 1.807) is 7.11 Å². The molecule has 1 unspecified atom stereocenters. The standard InChI is InChI=1S/C20H23ClN2O2/c1-25-16-9-6-15(7-10-16)8-11-20(24)23-13-12-22-14-19(23)17-4-2-3-5-18(17)21/h2-7,9-10,19,22H,8,11-14H2,1H3. The second kappa shape index (κ2) is 8.37. The molecule has 0 saturated carbocycles. The summed E-state index contributed by atoms with van der Waals surface area (Å²) in [5, 5.41) is 4.08. The predicted molar refractivity (Wildman–Crippen MR) is 100 cm³/mol. The maximum absolute atomic E-state index is 12.8. The topological polar surface area (TPSA) is 41.6 Å². The van der Waals surface area contributed by atoms with Gasteiger partial charge in [-0.3, -0.25) is 4.79 Å². The highest BCUT2D eigenvalue weighted by Gasteiger charge is 2.28. The van der Waals surface area contributed by atoms with Gasteiger partial charge in [0.25, 0.3) is 0 Å². The van der Waals surface area contributed by atoms with Crippen LogP contribution in [0.4, 0.5) is 0 Å². The van der Waals surface area contributed by atoms with Crippen molar-refractivity contribution < 1.29 is 9.53 Å². The van der Waals surface area contributed by atoms with Crippen LogP contribution in [0.2, 0.25) is 5.02 Å². The summed E-state index contributed by atoms with van der Waals surface area (Å²) in [6, 6.07) is 15.6. The highest BCUT2D eigenvalue weighted by molar-refractivity contribution is 6.31. The maximum atomic E-state index is 12.8. The van der Waals surface area contributed by atoms with Crippen LogP contribution in [0.1, 0.15) is 23.6 Å². The van der Waals surface area contributed by atoms with Crippen molar-refractivity contribution in [3.8, 4) is 5.75 Å². The number of carbonyl (C=O) groups is 1. The van der Waals surface area contributed by atoms with Crippen LogP contribution in [0, 0.1) is 0 Å². The Bertz CT molecular complexity index is 718. The molecule has 1 amide bonds. The Morgan fingerprint density at radius 1 is 1.24 bits per heavy atom. The van der Waals surface area contributed by atoms with E-state index in [-0.39, 0.29) is 11.9 Å². The molecule has 1 aliphatic heterocycles. The van der Waals surface area contributed by atoms with Gasteiger partial charge in [0.2, 0.25) is 5.91 Å². The first-order valence-electron chi connectivity index (χ1n) is 8.56. The van der Waals surface area contributed by atoms with Crippen molar-refractivity contribution in [2.24, 2.45) is 0 Å². The van der Waals surface area contributed by atoms with Gasteiger partial charge in [0, 0.05) is 31.1 Å². The van der Waals surface area contributed by atoms with Crippen LogP contribution >= 0.6 is 11.6 Å². The lowest BCUT2D eigenvalue weighted by Gasteiger charge is -2.37. The van der Waals surface area contributed by atoms with E-state index < -0.39 is 0 Å². The van der Waals surface area contributed by atoms with Crippen LogP contribution in [-0.4, -0.2) is 37.6 Å². The molecule has 5 heteroatoms. The molecule has 3 rings (SSSR count). The monoisotopic (exact) mass is 358 g/mol. The molecule has 1 fully saturated rings. The van der Waals surface area contributed by atoms with Gasteiger partial charge in [-0.05, 0) is 35.7 Å². The molecule has 1 aliphatic rings. The van der Waals surface area contributed by atoms with Gasteiger partial charge in [-0.15, -0.1) is 0 Å². The molecular formula is C20H23ClN2O2. The van der Waals surface area contributed by atoms with Crippen molar-refractivity contribution in [2.45, 2.75) is 18.9 Å². The fraction of sp³-hybridized carbons (Fsp3) is 0.350. The molecule has 4 nitrogen and oxygen atoms in total. The Morgan fingerprint density at radius 2 is 2.00 bits per heavy atom. The molecule has 0 bridgehead atoms. The number of hydrogen-bond acceptors (Lipinski definition) is 3. The summed E-state index contributed by atoms with van der Waals surface area (Å²) in [6.45, 7) is 2.25. The Labute approximate surface area is 153 Å². The third-order valence-corrected chi connectivity index (χ3v) is 4.96. The minimum Gasteiger partial charge on any atom is -0.497 e. The van der Waals surface area contributed by atoms with Gasteiger partial charge in [-0.1, -0.05) is 41.9 Å². The molecule has 1 saturated heterocycles. The molecule has 25 heavy (non-hydrogen) atoms. The van der Waals surface area contributed by atoms with E-state index in [0.29, 0.717) is 18.0 Å². The van der Waals surface area contributed by atoms with Gasteiger partial charge >= 0.3 is 0 Å². The van der Waals surface area contributed by atoms with Gasteiger partial charge in [0.1, 0.15) is 5.75 Å². The SMILES string of the molecule is COc1ccc(CCC(=O)N2CCNCC2c2ccccc2Cl)cc1. The number of nitrogens with zero attached hydrogens (tertiary/aromatic N) is 1. The van der Waals surface area contributed by atoms with Gasteiger partial charge in [-0.25, -0.2) is 0 Å². The van der Waals surface area contributed by atoms with Crippen molar-refractivity contribution in [2.75, 3.05) is 26.7 Å². The fourth-order valence-electron chi connectivity index (χ4n) is 3.21. The van der Waals surface area contributed by atoms with E-state index in [9.17, 15) is 4.79 Å². The molecule has 1 atom stereocenters. The first-order valence-corrected chi connectivity index (χ1v) is 8.94. The van der Waals surface area contributed by atoms with E-state index >= 15 is 0 Å². The molecule has 0 aliphatic carbocycles. The lowest BCUT2D eigenvalue weighted by molar-refractivity contribution is -0.134. The molecule has 1 heterocycles. The summed E-state index contributed by atoms with van der Waals surface area (Å²) in [7, 11) is 1.65. The van der Waals surface area contributed by atoms with E-state index in [4.69, 9.17) is 16.3 Å². The first kappa shape index (κ1) is 17.8. The average molecular weight is 359 g/mol. The average Bonchev–Trinajstić information content (AvgIpc) is 2.67. The Morgan fingerprint density at radius 3 is 2.72 bits per heavy atom. The van der Waals surface area contributed by atoms with Crippen molar-refractivity contribution in [3.63, 3.8) is 0 Å². The van der Waals surface area contributed by atoms with Crippen LogP contribution in [-0.2, 0) is 11.2 Å². The Balaban J connectivity index is 1.67. The van der Waals surface area contributed by atoms with Crippen LogP contribution < -0.4 is 10.1 Å². The Hall–Kier alpha value is -2.04. The van der Waals surface area contributed by atoms with E-state index in [0.717, 1.165) is 36.4 Å². The summed E-state index contributed by atoms with van der Waals surface area (Å²) in [5.74, 6) is 0.998. The number of amides is 1. The smallest absolute Gasteiger partial charge is 0.223 e. The second-order valence-corrected chi connectivity index (χ2v) is 6.58. The van der Waals surface area contributed by atoms with Crippen LogP contribution in [0.3, 0.4) is 0 Å². The second-order valence-electron chi connectivity index (χ2n) is 6.18. The third-order valence-electron chi connectivity index (χ3n) is 4.61. The number of hydrogen-bond donors (Lipinski definition) is 1. The molecule has 1 N–H and O–H groups in total. The minimum atomic E-state index is -0.00850. The number of piperazine rings is 1. The van der Waals surface area contributed by atoms with E-state index in [1.807, 2.05) is 53.4 Å². The largest absolute Gasteiger partial charge is 0.497 e. The molecule has 2 aromatic rings. The highest BCUT2D eigenvalue weighted by atomic mass is 35.5. The number of carbonyl (C=O) groups excluding carboxylic acids is 1. The van der Waals surface area contributed by atoms with Crippen LogP contribution in [0.25, 0.3) is 0 Å². The lowest BCUT2D eigenvalue weighted by atomic mass is 10.0. The number of aryl methyl sites for hydroxylation is 1. The lowest BCUT2D eigenvalue weighted by Crippen LogP contribution is -2.48. The fourth-order valence-corrected chi connectivity index (χ4v) is 3.47. The van der Waals surface area contributed by atoms with Gasteiger partial charge in [0.15, 0.2) is 0 Å². The third kappa shape index (κ3) is 4.33. The zero-order valence-corrected chi connectivity index (χ0v) is 15.1. The minimum absolute atomic E-state index is 0.00850. The molecule has 2 aromatic carbocycles. The van der Waals surface area contributed by atoms with Crippen LogP contribution in [0.5, 0.6) is 5.75 Å². The summed E-state index contributed by atoms with van der Waals surface area (Å²) in [4.78, 5) is 14.8. The van der Waals surface area contributed by atoms with Gasteiger partial charge in [0.05, 0.1) is 13.2 Å². The van der Waals surface area contributed by atoms with Gasteiger partial charge in [-0.2, -0.15) is 0 Å². The summed E-state index contributed by atoms with van der Waals surface area (Å²) in [6.07, 6.45) is 1.22. The first-order chi connectivity index (χ1) is 12.2. The number of ether oxygens (including phenoxy) is 1. The summed E-state index contributed by atoms with van der Waals surface area (Å²) < 4.78 is 5.17. The number of nitrogens with one attached hydrogen (secondary N) is 1. The van der Waals surface area contributed by atoms with E-state index in [2.05, 4.69) is 5.32 Å². The summed E-state index contributed by atoms with van der Waals surface area (Å²) in [5.41, 5.74) is 2.15. The molecule has 132 valence electrons. The maximum Gasteiger partial charge on any atom is 0.223 e. The number of benzene rings is 2. The highest BCUT2D eigenvalue weighted by Crippen LogP contribution is 2.29. The van der Waals surface area contributed by atoms with Crippen molar-refractivity contribution in [3.05, 3.63) is 64.7 Å². The number of methoxy groups -OCH3 is 1. The molecule has 0 spiro atoms. The molecule has 0 aromatic heterocycles. The number of rotatable bonds is 5. The van der Waals surface area contributed by atoms with Crippen molar-refractivity contribution in [1.29, 1.82) is 0 Å². The van der Waals surface area contributed by atoms with Gasteiger partial charge < -0.3 is 15.0 Å². The number of halogens is 1. The molecule has 0 radical (unpaired) electrons. The predicted octanol–water partition coefficient (Wildman–Crippen LogP) is 3.45. The zero-order chi connectivity index (χ0) is 17.6. The quantitative estimate of drug-likeness (QED) is 0.890. The molecular weight excluding hydrogens is 336 g/mol. The van der Waals surface area contributed by atoms with Crippen molar-refractivity contribution in [1.82, 2.24) is 10.2 Å².